The van der Waals surface area contributed by atoms with Crippen LogP contribution in [0, 0.1) is 11.8 Å². The van der Waals surface area contributed by atoms with Gasteiger partial charge in [-0.1, -0.05) is 11.6 Å². The van der Waals surface area contributed by atoms with Gasteiger partial charge in [-0.3, -0.25) is 0 Å². The van der Waals surface area contributed by atoms with Crippen LogP contribution in [-0.2, 0) is 4.74 Å². The molecule has 0 aromatic carbocycles. The molecule has 1 fully saturated rings. The van der Waals surface area contributed by atoms with E-state index >= 15 is 0 Å². The van der Waals surface area contributed by atoms with E-state index in [1.807, 2.05) is 0 Å². The van der Waals surface area contributed by atoms with Crippen LogP contribution in [0.3, 0.4) is 0 Å². The summed E-state index contributed by atoms with van der Waals surface area (Å²) >= 11 is 0. The Morgan fingerprint density at radius 2 is 2.21 bits per heavy atom. The van der Waals surface area contributed by atoms with E-state index in [9.17, 15) is 0 Å². The minimum absolute atomic E-state index is 0.563. The zero-order chi connectivity index (χ0) is 9.97. The van der Waals surface area contributed by atoms with Crippen molar-refractivity contribution in [3.05, 3.63) is 11.6 Å². The van der Waals surface area contributed by atoms with E-state index in [2.05, 4.69) is 19.9 Å². The Bertz CT molecular complexity index is 219. The van der Waals surface area contributed by atoms with Crippen LogP contribution in [0.25, 0.3) is 0 Å². The highest BCUT2D eigenvalue weighted by Gasteiger charge is 2.31. The van der Waals surface area contributed by atoms with Gasteiger partial charge in [0, 0.05) is 6.61 Å². The highest BCUT2D eigenvalue weighted by atomic mass is 16.5. The van der Waals surface area contributed by atoms with Crippen molar-refractivity contribution in [3.8, 4) is 0 Å². The van der Waals surface area contributed by atoms with Gasteiger partial charge in [0.2, 0.25) is 0 Å². The number of hydrogen-bond donors (Lipinski definition) is 0. The summed E-state index contributed by atoms with van der Waals surface area (Å²) in [6.07, 6.45) is 9.65. The second-order valence-electron chi connectivity index (χ2n) is 4.90. The predicted molar refractivity (Wildman–Crippen MR) is 59.2 cm³/mol. The van der Waals surface area contributed by atoms with Gasteiger partial charge in [0.25, 0.3) is 0 Å². The molecule has 0 bridgehead atoms. The van der Waals surface area contributed by atoms with Crippen LogP contribution in [0.2, 0.25) is 0 Å². The van der Waals surface area contributed by atoms with Crippen LogP contribution in [0.4, 0.5) is 0 Å². The maximum Gasteiger partial charge on any atom is 0.0578 e. The van der Waals surface area contributed by atoms with Gasteiger partial charge in [0.15, 0.2) is 0 Å². The van der Waals surface area contributed by atoms with E-state index in [-0.39, 0.29) is 0 Å². The van der Waals surface area contributed by atoms with E-state index < -0.39 is 0 Å². The van der Waals surface area contributed by atoms with Gasteiger partial charge in [-0.2, -0.15) is 0 Å². The third-order valence-corrected chi connectivity index (χ3v) is 3.85. The number of fused-ring (bicyclic) bond motifs is 1. The average Bonchev–Trinajstić information content (AvgIpc) is 2.19. The predicted octanol–water partition coefficient (Wildman–Crippen LogP) is 3.55. The summed E-state index contributed by atoms with van der Waals surface area (Å²) in [4.78, 5) is 0. The third-order valence-electron chi connectivity index (χ3n) is 3.85. The van der Waals surface area contributed by atoms with Crippen molar-refractivity contribution in [2.75, 3.05) is 6.61 Å². The van der Waals surface area contributed by atoms with Crippen molar-refractivity contribution in [1.82, 2.24) is 0 Å². The van der Waals surface area contributed by atoms with Gasteiger partial charge in [0.1, 0.15) is 0 Å². The standard InChI is InChI=1S/C13H22O/c1-3-14-13-7-6-11-8-10(2)4-5-12(11)9-13/h4,11-13H,3,5-9H2,1-2H3. The summed E-state index contributed by atoms with van der Waals surface area (Å²) in [5.41, 5.74) is 1.61. The summed E-state index contributed by atoms with van der Waals surface area (Å²) in [7, 11) is 0. The Labute approximate surface area is 87.5 Å². The van der Waals surface area contributed by atoms with Crippen LogP contribution in [-0.4, -0.2) is 12.7 Å². The fraction of sp³-hybridized carbons (Fsp3) is 0.846. The topological polar surface area (TPSA) is 9.23 Å². The zero-order valence-corrected chi connectivity index (χ0v) is 9.46. The molecule has 1 nitrogen and oxygen atoms in total. The molecule has 2 aliphatic carbocycles. The molecule has 2 aliphatic rings. The molecule has 3 atom stereocenters. The van der Waals surface area contributed by atoms with Crippen LogP contribution in [0.5, 0.6) is 0 Å². The van der Waals surface area contributed by atoms with Crippen LogP contribution in [0.1, 0.15) is 46.0 Å². The Morgan fingerprint density at radius 1 is 1.36 bits per heavy atom. The minimum atomic E-state index is 0.563. The quantitative estimate of drug-likeness (QED) is 0.611. The number of hydrogen-bond acceptors (Lipinski definition) is 1. The highest BCUT2D eigenvalue weighted by Crippen LogP contribution is 2.40. The fourth-order valence-electron chi connectivity index (χ4n) is 3.08. The first-order valence-corrected chi connectivity index (χ1v) is 6.06. The first-order chi connectivity index (χ1) is 6.79. The van der Waals surface area contributed by atoms with Crippen molar-refractivity contribution in [2.24, 2.45) is 11.8 Å². The molecule has 3 unspecified atom stereocenters. The Hall–Kier alpha value is -0.300. The lowest BCUT2D eigenvalue weighted by Crippen LogP contribution is -2.31. The Morgan fingerprint density at radius 3 is 3.00 bits per heavy atom. The second-order valence-corrected chi connectivity index (χ2v) is 4.90. The van der Waals surface area contributed by atoms with Gasteiger partial charge in [-0.05, 0) is 57.8 Å². The molecule has 80 valence electrons. The number of ether oxygens (including phenoxy) is 1. The lowest BCUT2D eigenvalue weighted by Gasteiger charge is -2.38. The number of rotatable bonds is 2. The van der Waals surface area contributed by atoms with Crippen molar-refractivity contribution in [1.29, 1.82) is 0 Å². The largest absolute Gasteiger partial charge is 0.378 e. The molecule has 0 spiro atoms. The summed E-state index contributed by atoms with van der Waals surface area (Å²) in [5, 5.41) is 0. The minimum Gasteiger partial charge on any atom is -0.378 e. The first kappa shape index (κ1) is 10.2. The third kappa shape index (κ3) is 2.20. The molecule has 0 amide bonds. The van der Waals surface area contributed by atoms with Crippen LogP contribution in [0.15, 0.2) is 11.6 Å². The highest BCUT2D eigenvalue weighted by molar-refractivity contribution is 5.07. The van der Waals surface area contributed by atoms with Crippen molar-refractivity contribution < 1.29 is 4.74 Å². The van der Waals surface area contributed by atoms with Crippen molar-refractivity contribution in [3.63, 3.8) is 0 Å². The molecule has 14 heavy (non-hydrogen) atoms. The number of allylic oxidation sites excluding steroid dienone is 2. The van der Waals surface area contributed by atoms with E-state index in [1.54, 1.807) is 5.57 Å². The normalized spacial score (nSPS) is 37.6. The van der Waals surface area contributed by atoms with Gasteiger partial charge in [-0.25, -0.2) is 0 Å². The summed E-state index contributed by atoms with van der Waals surface area (Å²) in [6, 6.07) is 0. The monoisotopic (exact) mass is 194 g/mol. The molecule has 2 rings (SSSR count). The van der Waals surface area contributed by atoms with Gasteiger partial charge in [-0.15, -0.1) is 0 Å². The van der Waals surface area contributed by atoms with Crippen molar-refractivity contribution in [2.45, 2.75) is 52.1 Å². The summed E-state index contributed by atoms with van der Waals surface area (Å²) in [6.45, 7) is 5.28. The molecule has 0 aliphatic heterocycles. The molecule has 1 heteroatoms. The van der Waals surface area contributed by atoms with E-state index in [0.29, 0.717) is 6.10 Å². The SMILES string of the molecule is CCOC1CCC2CC(C)=CCC2C1. The fourth-order valence-corrected chi connectivity index (χ4v) is 3.08. The molecule has 1 saturated carbocycles. The lowest BCUT2D eigenvalue weighted by molar-refractivity contribution is 0.00182. The first-order valence-electron chi connectivity index (χ1n) is 6.06. The van der Waals surface area contributed by atoms with E-state index in [4.69, 9.17) is 4.74 Å². The molecule has 0 saturated heterocycles. The molecular formula is C13H22O. The van der Waals surface area contributed by atoms with Gasteiger partial charge in [0.05, 0.1) is 6.10 Å². The van der Waals surface area contributed by atoms with Crippen LogP contribution >= 0.6 is 0 Å². The van der Waals surface area contributed by atoms with Gasteiger partial charge < -0.3 is 4.74 Å². The summed E-state index contributed by atoms with van der Waals surface area (Å²) < 4.78 is 5.74. The molecule has 0 N–H and O–H groups in total. The molecular weight excluding hydrogens is 172 g/mol. The molecule has 0 aromatic rings. The van der Waals surface area contributed by atoms with Gasteiger partial charge >= 0.3 is 0 Å². The van der Waals surface area contributed by atoms with E-state index in [1.165, 1.54) is 32.1 Å². The lowest BCUT2D eigenvalue weighted by atomic mass is 9.70. The zero-order valence-electron chi connectivity index (χ0n) is 9.46. The molecule has 0 radical (unpaired) electrons. The maximum absolute atomic E-state index is 5.74. The Kier molecular flexibility index (Phi) is 3.27. The summed E-state index contributed by atoms with van der Waals surface area (Å²) in [5.74, 6) is 1.89. The smallest absolute Gasteiger partial charge is 0.0578 e. The Balaban J connectivity index is 1.91. The van der Waals surface area contributed by atoms with E-state index in [0.717, 1.165) is 18.4 Å². The molecule has 0 heterocycles. The second kappa shape index (κ2) is 4.48. The maximum atomic E-state index is 5.74. The molecule has 0 aromatic heterocycles. The van der Waals surface area contributed by atoms with Crippen LogP contribution < -0.4 is 0 Å². The average molecular weight is 194 g/mol. The van der Waals surface area contributed by atoms with Crippen molar-refractivity contribution >= 4 is 0 Å².